The molecule has 0 atom stereocenters. The third-order valence-electron chi connectivity index (χ3n) is 1.66. The Balaban J connectivity index is 2.37. The summed E-state index contributed by atoms with van der Waals surface area (Å²) in [5.74, 6) is 0. The van der Waals surface area contributed by atoms with Gasteiger partial charge in [-0.25, -0.2) is 4.68 Å². The van der Waals surface area contributed by atoms with Crippen molar-refractivity contribution in [2.24, 2.45) is 0 Å². The predicted octanol–water partition coefficient (Wildman–Crippen LogP) is 0.555. The fourth-order valence-corrected chi connectivity index (χ4v) is 1.07. The second-order valence-electron chi connectivity index (χ2n) is 2.54. The van der Waals surface area contributed by atoms with E-state index < -0.39 is 0 Å². The average molecular weight is 186 g/mol. The van der Waals surface area contributed by atoms with E-state index in [1.807, 2.05) is 18.3 Å². The van der Waals surface area contributed by atoms with Gasteiger partial charge in [0.1, 0.15) is 6.33 Å². The van der Waals surface area contributed by atoms with Crippen LogP contribution in [0, 0.1) is 11.5 Å². The number of nitriles is 1. The summed E-state index contributed by atoms with van der Waals surface area (Å²) in [5.41, 5.74) is 1.51. The molecule has 0 aliphatic carbocycles. The third kappa shape index (κ3) is 1.51. The van der Waals surface area contributed by atoms with Gasteiger partial charge in [-0.15, -0.1) is 5.10 Å². The molecule has 0 spiro atoms. The highest BCUT2D eigenvalue weighted by atomic mass is 15.5. The molecule has 1 aromatic heterocycles. The summed E-state index contributed by atoms with van der Waals surface area (Å²) in [4.78, 5) is 0. The Morgan fingerprint density at radius 2 is 2.36 bits per heavy atom. The molecule has 1 heterocycles. The van der Waals surface area contributed by atoms with Gasteiger partial charge < -0.3 is 0 Å². The van der Waals surface area contributed by atoms with Crippen LogP contribution < -0.4 is 5.32 Å². The number of hydrogen-bond donors (Lipinski definition) is 1. The van der Waals surface area contributed by atoms with Crippen molar-refractivity contribution in [3.8, 4) is 11.9 Å². The number of anilines is 1. The van der Waals surface area contributed by atoms with Crippen LogP contribution in [0.3, 0.4) is 0 Å². The fourth-order valence-electron chi connectivity index (χ4n) is 1.07. The molecule has 0 aliphatic rings. The molecular formula is C8H6N6. The Labute approximate surface area is 79.8 Å². The summed E-state index contributed by atoms with van der Waals surface area (Å²) in [6, 6.07) is 7.23. The van der Waals surface area contributed by atoms with Crippen LogP contribution in [0.1, 0.15) is 0 Å². The number of rotatable bonds is 2. The standard InChI is InChI=1S/C8H6N6/c9-5-10-7-2-1-3-8(4-7)14-6-11-12-13-14/h1-4,6,10H. The van der Waals surface area contributed by atoms with Crippen molar-refractivity contribution in [2.45, 2.75) is 0 Å². The zero-order valence-electron chi connectivity index (χ0n) is 7.12. The highest BCUT2D eigenvalue weighted by molar-refractivity contribution is 5.52. The first-order valence-electron chi connectivity index (χ1n) is 3.88. The summed E-state index contributed by atoms with van der Waals surface area (Å²) >= 11 is 0. The van der Waals surface area contributed by atoms with Crippen LogP contribution in [0.5, 0.6) is 0 Å². The van der Waals surface area contributed by atoms with E-state index in [9.17, 15) is 0 Å². The van der Waals surface area contributed by atoms with Gasteiger partial charge in [0.2, 0.25) is 0 Å². The molecule has 1 aromatic carbocycles. The molecule has 2 rings (SSSR count). The highest BCUT2D eigenvalue weighted by Crippen LogP contribution is 2.12. The van der Waals surface area contributed by atoms with Gasteiger partial charge in [0.15, 0.2) is 6.19 Å². The van der Waals surface area contributed by atoms with Gasteiger partial charge in [-0.05, 0) is 28.6 Å². The molecule has 1 N–H and O–H groups in total. The lowest BCUT2D eigenvalue weighted by Crippen LogP contribution is -1.96. The average Bonchev–Trinajstić information content (AvgIpc) is 2.71. The van der Waals surface area contributed by atoms with Crippen LogP contribution >= 0.6 is 0 Å². The van der Waals surface area contributed by atoms with Crippen LogP contribution in [-0.4, -0.2) is 20.2 Å². The van der Waals surface area contributed by atoms with Gasteiger partial charge in [0, 0.05) is 5.69 Å². The molecule has 0 unspecified atom stereocenters. The number of nitrogens with zero attached hydrogens (tertiary/aromatic N) is 5. The maximum absolute atomic E-state index is 8.43. The smallest absolute Gasteiger partial charge is 0.181 e. The number of nitrogens with one attached hydrogen (secondary N) is 1. The Kier molecular flexibility index (Phi) is 2.07. The molecule has 0 aliphatic heterocycles. The number of hydrogen-bond acceptors (Lipinski definition) is 5. The van der Waals surface area contributed by atoms with E-state index in [1.54, 1.807) is 12.1 Å². The number of benzene rings is 1. The Morgan fingerprint density at radius 1 is 1.43 bits per heavy atom. The van der Waals surface area contributed by atoms with Gasteiger partial charge in [0.25, 0.3) is 0 Å². The molecule has 0 saturated heterocycles. The topological polar surface area (TPSA) is 79.4 Å². The van der Waals surface area contributed by atoms with Crippen molar-refractivity contribution < 1.29 is 0 Å². The molecule has 68 valence electrons. The van der Waals surface area contributed by atoms with Crippen LogP contribution in [0.2, 0.25) is 0 Å². The van der Waals surface area contributed by atoms with Gasteiger partial charge in [-0.1, -0.05) is 6.07 Å². The second-order valence-corrected chi connectivity index (χ2v) is 2.54. The minimum atomic E-state index is 0.709. The zero-order chi connectivity index (χ0) is 9.80. The Morgan fingerprint density at radius 3 is 3.07 bits per heavy atom. The maximum atomic E-state index is 8.43. The van der Waals surface area contributed by atoms with E-state index in [1.165, 1.54) is 11.0 Å². The first kappa shape index (κ1) is 8.19. The zero-order valence-corrected chi connectivity index (χ0v) is 7.12. The van der Waals surface area contributed by atoms with E-state index in [2.05, 4.69) is 20.8 Å². The van der Waals surface area contributed by atoms with Crippen LogP contribution in [0.15, 0.2) is 30.6 Å². The van der Waals surface area contributed by atoms with Crippen molar-refractivity contribution in [2.75, 3.05) is 5.32 Å². The van der Waals surface area contributed by atoms with Crippen molar-refractivity contribution >= 4 is 5.69 Å². The highest BCUT2D eigenvalue weighted by Gasteiger charge is 1.98. The minimum absolute atomic E-state index is 0.709. The molecule has 0 bridgehead atoms. The Bertz CT molecular complexity index is 455. The number of tetrazole rings is 1. The normalized spacial score (nSPS) is 9.36. The van der Waals surface area contributed by atoms with E-state index >= 15 is 0 Å². The molecule has 0 saturated carbocycles. The summed E-state index contributed by atoms with van der Waals surface area (Å²) in [6.45, 7) is 0. The summed E-state index contributed by atoms with van der Waals surface area (Å²) in [7, 11) is 0. The lowest BCUT2D eigenvalue weighted by atomic mass is 10.3. The molecule has 6 heteroatoms. The van der Waals surface area contributed by atoms with E-state index in [4.69, 9.17) is 5.26 Å². The molecule has 0 radical (unpaired) electrons. The first-order chi connectivity index (χ1) is 6.90. The molecule has 0 fully saturated rings. The van der Waals surface area contributed by atoms with E-state index in [0.29, 0.717) is 5.69 Å². The number of aromatic nitrogens is 4. The van der Waals surface area contributed by atoms with E-state index in [0.717, 1.165) is 5.69 Å². The van der Waals surface area contributed by atoms with Crippen molar-refractivity contribution in [1.29, 1.82) is 5.26 Å². The van der Waals surface area contributed by atoms with Gasteiger partial charge >= 0.3 is 0 Å². The van der Waals surface area contributed by atoms with Crippen molar-refractivity contribution in [3.05, 3.63) is 30.6 Å². The van der Waals surface area contributed by atoms with E-state index in [-0.39, 0.29) is 0 Å². The lowest BCUT2D eigenvalue weighted by Gasteiger charge is -2.01. The Hall–Kier alpha value is -2.42. The molecular weight excluding hydrogens is 180 g/mol. The second kappa shape index (κ2) is 3.53. The van der Waals surface area contributed by atoms with Gasteiger partial charge in [-0.2, -0.15) is 5.26 Å². The molecule has 14 heavy (non-hydrogen) atoms. The fraction of sp³-hybridized carbons (Fsp3) is 0. The monoisotopic (exact) mass is 186 g/mol. The first-order valence-corrected chi connectivity index (χ1v) is 3.88. The molecule has 6 nitrogen and oxygen atoms in total. The summed E-state index contributed by atoms with van der Waals surface area (Å²) < 4.78 is 1.52. The lowest BCUT2D eigenvalue weighted by molar-refractivity contribution is 0.789. The van der Waals surface area contributed by atoms with Crippen molar-refractivity contribution in [3.63, 3.8) is 0 Å². The summed E-state index contributed by atoms with van der Waals surface area (Å²) in [5, 5.41) is 21.7. The minimum Gasteiger partial charge on any atom is -0.293 e. The molecule has 0 amide bonds. The predicted molar refractivity (Wildman–Crippen MR) is 48.4 cm³/mol. The van der Waals surface area contributed by atoms with Crippen LogP contribution in [0.25, 0.3) is 5.69 Å². The maximum Gasteiger partial charge on any atom is 0.181 e. The van der Waals surface area contributed by atoms with Gasteiger partial charge in [0.05, 0.1) is 5.69 Å². The summed E-state index contributed by atoms with van der Waals surface area (Å²) in [6.07, 6.45) is 3.34. The van der Waals surface area contributed by atoms with Crippen molar-refractivity contribution in [1.82, 2.24) is 20.2 Å². The SMILES string of the molecule is N#CNc1cccc(-n2cnnn2)c1. The largest absolute Gasteiger partial charge is 0.293 e. The molecule has 2 aromatic rings. The third-order valence-corrected chi connectivity index (χ3v) is 1.66. The van der Waals surface area contributed by atoms with Crippen LogP contribution in [-0.2, 0) is 0 Å². The van der Waals surface area contributed by atoms with Crippen LogP contribution in [0.4, 0.5) is 5.69 Å². The van der Waals surface area contributed by atoms with Gasteiger partial charge in [-0.3, -0.25) is 5.32 Å². The quantitative estimate of drug-likeness (QED) is 0.547.